The van der Waals surface area contributed by atoms with Crippen molar-refractivity contribution in [3.8, 4) is 50.3 Å². The third-order valence-corrected chi connectivity index (χ3v) is 13.2. The molecular weight excluding hydrogens is 692 g/mol. The predicted molar refractivity (Wildman–Crippen MR) is 242 cm³/mol. The van der Waals surface area contributed by atoms with Gasteiger partial charge in [0.15, 0.2) is 0 Å². The van der Waals surface area contributed by atoms with Gasteiger partial charge in [0.2, 0.25) is 13.4 Å². The molecule has 4 aliphatic heterocycles. The Bertz CT molecular complexity index is 2880. The zero-order valence-corrected chi connectivity index (χ0v) is 33.6. The first-order valence-electron chi connectivity index (χ1n) is 20.2. The summed E-state index contributed by atoms with van der Waals surface area (Å²) < 4.78 is 5.59. The first kappa shape index (κ1) is 34.2. The number of nitrogens with zero attached hydrogens (tertiary/aromatic N) is 1. The van der Waals surface area contributed by atoms with Crippen LogP contribution in [0, 0.1) is 0 Å². The number of rotatable bonds is 4. The molecule has 0 saturated carbocycles. The molecule has 7 aromatic rings. The minimum absolute atomic E-state index is 0.0110. The van der Waals surface area contributed by atoms with Gasteiger partial charge in [-0.3, -0.25) is 4.79 Å². The van der Waals surface area contributed by atoms with E-state index in [4.69, 9.17) is 4.74 Å². The number of aldehydes is 1. The van der Waals surface area contributed by atoms with Crippen LogP contribution in [-0.2, 0) is 10.8 Å². The molecule has 0 amide bonds. The van der Waals surface area contributed by atoms with E-state index in [-0.39, 0.29) is 24.3 Å². The molecule has 0 fully saturated rings. The second-order valence-corrected chi connectivity index (χ2v) is 18.4. The van der Waals surface area contributed by atoms with Crippen LogP contribution in [0.25, 0.3) is 44.5 Å². The number of ether oxygens (including phenoxy) is 1. The van der Waals surface area contributed by atoms with E-state index in [1.54, 1.807) is 7.11 Å². The summed E-state index contributed by atoms with van der Waals surface area (Å²) in [6.45, 7) is 14.2. The molecule has 274 valence electrons. The lowest BCUT2D eigenvalue weighted by Gasteiger charge is -2.43. The van der Waals surface area contributed by atoms with Crippen LogP contribution < -0.4 is 42.4 Å². The molecule has 0 aliphatic carbocycles. The van der Waals surface area contributed by atoms with Crippen LogP contribution in [0.3, 0.4) is 0 Å². The maximum atomic E-state index is 11.5. The molecule has 0 bridgehead atoms. The predicted octanol–water partition coefficient (Wildman–Crippen LogP) is 8.53. The van der Waals surface area contributed by atoms with Crippen LogP contribution in [0.5, 0.6) is 5.75 Å². The molecule has 0 atom stereocenters. The topological polar surface area (TPSA) is 29.5 Å². The molecule has 0 saturated heterocycles. The van der Waals surface area contributed by atoms with Crippen LogP contribution in [0.4, 0.5) is 17.1 Å². The third-order valence-electron chi connectivity index (χ3n) is 13.2. The van der Waals surface area contributed by atoms with Crippen LogP contribution in [0.2, 0.25) is 0 Å². The zero-order chi connectivity index (χ0) is 39.1. The summed E-state index contributed by atoms with van der Waals surface area (Å²) in [5.41, 5.74) is 25.6. The van der Waals surface area contributed by atoms with Crippen molar-refractivity contribution in [3.05, 3.63) is 144 Å². The normalized spacial score (nSPS) is 13.8. The first-order chi connectivity index (χ1) is 27.4. The number of anilines is 3. The molecule has 0 spiro atoms. The smallest absolute Gasteiger partial charge is 0.248 e. The number of methoxy groups -OCH3 is 1. The minimum atomic E-state index is -0.0536. The van der Waals surface area contributed by atoms with Gasteiger partial charge in [0.1, 0.15) is 12.0 Å². The van der Waals surface area contributed by atoms with E-state index in [0.29, 0.717) is 5.56 Å². The van der Waals surface area contributed by atoms with Gasteiger partial charge in [-0.1, -0.05) is 156 Å². The van der Waals surface area contributed by atoms with Crippen LogP contribution in [0.1, 0.15) is 63.0 Å². The van der Waals surface area contributed by atoms with E-state index in [0.717, 1.165) is 17.6 Å². The van der Waals surface area contributed by atoms with E-state index in [1.807, 2.05) is 12.1 Å². The van der Waals surface area contributed by atoms with E-state index in [9.17, 15) is 4.79 Å². The zero-order valence-electron chi connectivity index (χ0n) is 33.6. The van der Waals surface area contributed by atoms with Crippen LogP contribution in [-0.4, -0.2) is 26.8 Å². The summed E-state index contributed by atoms with van der Waals surface area (Å²) >= 11 is 0. The maximum absolute atomic E-state index is 11.5. The lowest BCUT2D eigenvalue weighted by molar-refractivity contribution is 0.112. The SMILES string of the molecule is COc1ccc(-c2ccc3c4c2-c2cc(C(C)(C)C)ccc2B4c2cccc4c2N3c2cc(C(C)(C)C)cc3c2B4c2cc(-c4ccc(C=O)cc4)ccc2-3)cc1. The molecule has 57 heavy (non-hydrogen) atoms. The molecule has 0 unspecified atom stereocenters. The lowest BCUT2D eigenvalue weighted by atomic mass is 9.32. The van der Waals surface area contributed by atoms with Crippen LogP contribution in [0.15, 0.2) is 127 Å². The molecule has 7 aromatic carbocycles. The number of carbonyl (C=O) groups excluding carboxylic acids is 1. The summed E-state index contributed by atoms with van der Waals surface area (Å²) in [5.74, 6) is 0.863. The van der Waals surface area contributed by atoms with Crippen molar-refractivity contribution in [1.29, 1.82) is 0 Å². The van der Waals surface area contributed by atoms with Crippen molar-refractivity contribution in [2.45, 2.75) is 52.4 Å². The van der Waals surface area contributed by atoms with Crippen molar-refractivity contribution in [1.82, 2.24) is 0 Å². The van der Waals surface area contributed by atoms with Gasteiger partial charge >= 0.3 is 0 Å². The Morgan fingerprint density at radius 1 is 0.526 bits per heavy atom. The van der Waals surface area contributed by atoms with Gasteiger partial charge in [-0.05, 0) is 113 Å². The summed E-state index contributed by atoms with van der Waals surface area (Å²) in [4.78, 5) is 14.1. The Morgan fingerprint density at radius 2 is 1.18 bits per heavy atom. The van der Waals surface area contributed by atoms with Gasteiger partial charge in [-0.15, -0.1) is 0 Å². The third kappa shape index (κ3) is 4.78. The largest absolute Gasteiger partial charge is 0.497 e. The molecule has 3 nitrogen and oxygen atoms in total. The molecule has 11 rings (SSSR count). The van der Waals surface area contributed by atoms with Crippen molar-refractivity contribution < 1.29 is 9.53 Å². The van der Waals surface area contributed by atoms with Gasteiger partial charge in [0.25, 0.3) is 0 Å². The molecular formula is C52H43B2NO2. The number of hydrogen-bond donors (Lipinski definition) is 0. The van der Waals surface area contributed by atoms with Crippen molar-refractivity contribution in [3.63, 3.8) is 0 Å². The number of para-hydroxylation sites is 1. The Morgan fingerprint density at radius 3 is 1.86 bits per heavy atom. The number of benzene rings is 7. The quantitative estimate of drug-likeness (QED) is 0.134. The molecule has 0 aromatic heterocycles. The summed E-state index contributed by atoms with van der Waals surface area (Å²) in [5, 5.41) is 0. The second kappa shape index (κ2) is 11.7. The highest BCUT2D eigenvalue weighted by Crippen LogP contribution is 2.48. The van der Waals surface area contributed by atoms with Gasteiger partial charge in [-0.25, -0.2) is 0 Å². The fraction of sp³-hybridized carbons (Fsp3) is 0.173. The van der Waals surface area contributed by atoms with Crippen molar-refractivity contribution in [2.75, 3.05) is 12.0 Å². The van der Waals surface area contributed by atoms with Crippen molar-refractivity contribution >= 4 is 69.6 Å². The van der Waals surface area contributed by atoms with E-state index < -0.39 is 0 Å². The number of carbonyl (C=O) groups is 1. The number of fused-ring (bicyclic) bond motifs is 10. The average molecular weight is 736 g/mol. The molecule has 4 aliphatic rings. The highest BCUT2D eigenvalue weighted by atomic mass is 16.5. The first-order valence-corrected chi connectivity index (χ1v) is 20.2. The Balaban J connectivity index is 1.21. The second-order valence-electron chi connectivity index (χ2n) is 18.4. The molecule has 5 heteroatoms. The van der Waals surface area contributed by atoms with Gasteiger partial charge in [0.05, 0.1) is 7.11 Å². The number of hydrogen-bond acceptors (Lipinski definition) is 3. The molecule has 4 heterocycles. The standard InChI is InChI=1S/C52H43B2NO2/c1-51(2,3)34-18-23-41-40(26-34)47-37(32-15-19-36(57-7)20-16-32)22-24-45-49(47)53(41)42-9-8-10-43-50(42)55(45)46-28-35(52(4,5)6)27-39-38-21-17-33(25-44(38)54(43)48(39)46)31-13-11-30(29-56)12-14-31/h8-29H,1-7H3. The Kier molecular flexibility index (Phi) is 7.05. The fourth-order valence-corrected chi connectivity index (χ4v) is 10.3. The Labute approximate surface area is 336 Å². The van der Waals surface area contributed by atoms with E-state index in [2.05, 4.69) is 162 Å². The highest BCUT2D eigenvalue weighted by molar-refractivity contribution is 7.05. The van der Waals surface area contributed by atoms with Gasteiger partial charge in [0, 0.05) is 22.6 Å². The maximum Gasteiger partial charge on any atom is 0.248 e. The monoisotopic (exact) mass is 735 g/mol. The van der Waals surface area contributed by atoms with Crippen molar-refractivity contribution in [2.24, 2.45) is 0 Å². The summed E-state index contributed by atoms with van der Waals surface area (Å²) in [7, 11) is 1.73. The van der Waals surface area contributed by atoms with E-state index in [1.165, 1.54) is 99.9 Å². The van der Waals surface area contributed by atoms with Gasteiger partial charge < -0.3 is 9.64 Å². The van der Waals surface area contributed by atoms with Crippen LogP contribution >= 0.6 is 0 Å². The summed E-state index contributed by atoms with van der Waals surface area (Å²) in [6, 6.07) is 47.7. The van der Waals surface area contributed by atoms with E-state index >= 15 is 0 Å². The fourth-order valence-electron chi connectivity index (χ4n) is 10.3. The summed E-state index contributed by atoms with van der Waals surface area (Å²) in [6.07, 6.45) is 0.914. The minimum Gasteiger partial charge on any atom is -0.497 e. The lowest BCUT2D eigenvalue weighted by Crippen LogP contribution is -2.63. The molecule has 0 radical (unpaired) electrons. The highest BCUT2D eigenvalue weighted by Gasteiger charge is 2.50. The average Bonchev–Trinajstić information content (AvgIpc) is 3.74. The Hall–Kier alpha value is -6.06. The van der Waals surface area contributed by atoms with Gasteiger partial charge in [-0.2, -0.15) is 0 Å². The molecule has 0 N–H and O–H groups in total.